The number of amides is 2. The van der Waals surface area contributed by atoms with E-state index < -0.39 is 35.3 Å². The van der Waals surface area contributed by atoms with Gasteiger partial charge in [-0.2, -0.15) is 8.78 Å². The van der Waals surface area contributed by atoms with E-state index in [1.807, 2.05) is 18.2 Å². The smallest absolute Gasteiger partial charge is 0.409 e. The first-order valence-electron chi connectivity index (χ1n) is 12.1. The van der Waals surface area contributed by atoms with Crippen molar-refractivity contribution in [1.82, 2.24) is 15.6 Å². The molecule has 0 spiro atoms. The molecule has 0 radical (unpaired) electrons. The van der Waals surface area contributed by atoms with Crippen LogP contribution in [0.1, 0.15) is 48.1 Å². The SMILES string of the molecule is O=C(NC1CCCC1)NC(Cc1ccccc1)(c1ccc2c(c1)C(F)(F)OC(F)(F)O2)c1ccc(Cl)cn1. The van der Waals surface area contributed by atoms with E-state index in [0.29, 0.717) is 10.7 Å². The van der Waals surface area contributed by atoms with E-state index in [9.17, 15) is 22.4 Å². The van der Waals surface area contributed by atoms with Crippen LogP contribution in [0.4, 0.5) is 22.4 Å². The molecule has 0 saturated heterocycles. The van der Waals surface area contributed by atoms with Crippen molar-refractivity contribution in [3.05, 3.63) is 94.3 Å². The van der Waals surface area contributed by atoms with Gasteiger partial charge in [-0.1, -0.05) is 60.8 Å². The second kappa shape index (κ2) is 10.1. The lowest BCUT2D eigenvalue weighted by Gasteiger charge is -2.37. The highest BCUT2D eigenvalue weighted by molar-refractivity contribution is 6.30. The number of rotatable bonds is 6. The topological polar surface area (TPSA) is 72.5 Å². The van der Waals surface area contributed by atoms with E-state index in [4.69, 9.17) is 11.6 Å². The third kappa shape index (κ3) is 5.42. The quantitative estimate of drug-likeness (QED) is 0.346. The second-order valence-electron chi connectivity index (χ2n) is 9.40. The van der Waals surface area contributed by atoms with Crippen LogP contribution in [0.15, 0.2) is 66.9 Å². The number of nitrogens with one attached hydrogen (secondary N) is 2. The molecule has 38 heavy (non-hydrogen) atoms. The van der Waals surface area contributed by atoms with Gasteiger partial charge < -0.3 is 15.4 Å². The Hall–Kier alpha value is -3.37. The monoisotopic (exact) mass is 549 g/mol. The molecule has 1 aliphatic heterocycles. The third-order valence-electron chi connectivity index (χ3n) is 6.76. The van der Waals surface area contributed by atoms with Gasteiger partial charge in [0.05, 0.1) is 16.3 Å². The molecule has 5 rings (SSSR count). The van der Waals surface area contributed by atoms with Crippen molar-refractivity contribution < 1.29 is 31.8 Å². The first-order valence-corrected chi connectivity index (χ1v) is 12.5. The summed E-state index contributed by atoms with van der Waals surface area (Å²) < 4.78 is 64.8. The maximum absolute atomic E-state index is 14.8. The Balaban J connectivity index is 1.66. The van der Waals surface area contributed by atoms with Crippen LogP contribution in [0.2, 0.25) is 5.02 Å². The average Bonchev–Trinajstić information content (AvgIpc) is 3.36. The minimum Gasteiger partial charge on any atom is -0.409 e. The van der Waals surface area contributed by atoms with Crippen LogP contribution < -0.4 is 15.4 Å². The zero-order valence-electron chi connectivity index (χ0n) is 20.0. The highest BCUT2D eigenvalue weighted by Gasteiger charge is 2.55. The van der Waals surface area contributed by atoms with Gasteiger partial charge >= 0.3 is 18.4 Å². The summed E-state index contributed by atoms with van der Waals surface area (Å²) in [4.78, 5) is 17.8. The van der Waals surface area contributed by atoms with Gasteiger partial charge in [-0.15, -0.1) is 8.78 Å². The summed E-state index contributed by atoms with van der Waals surface area (Å²) in [7, 11) is 0. The van der Waals surface area contributed by atoms with Gasteiger partial charge in [-0.3, -0.25) is 4.98 Å². The largest absolute Gasteiger partial charge is 0.540 e. The molecule has 2 aromatic carbocycles. The van der Waals surface area contributed by atoms with Crippen LogP contribution >= 0.6 is 11.6 Å². The first-order chi connectivity index (χ1) is 18.1. The average molecular weight is 550 g/mol. The molecule has 2 heterocycles. The number of alkyl halides is 4. The van der Waals surface area contributed by atoms with Crippen LogP contribution in [0.25, 0.3) is 0 Å². The van der Waals surface area contributed by atoms with Crippen molar-refractivity contribution >= 4 is 17.6 Å². The third-order valence-corrected chi connectivity index (χ3v) is 6.98. The Labute approximate surface area is 221 Å². The molecular formula is C27H24ClF4N3O3. The molecule has 11 heteroatoms. The molecule has 2 amide bonds. The van der Waals surface area contributed by atoms with Crippen LogP contribution in [0, 0.1) is 0 Å². The summed E-state index contributed by atoms with van der Waals surface area (Å²) in [6.45, 7) is 0. The molecule has 6 nitrogen and oxygen atoms in total. The van der Waals surface area contributed by atoms with Crippen LogP contribution in [-0.4, -0.2) is 23.4 Å². The Bertz CT molecular complexity index is 1300. The number of nitrogens with zero attached hydrogens (tertiary/aromatic N) is 1. The highest BCUT2D eigenvalue weighted by atomic mass is 35.5. The lowest BCUT2D eigenvalue weighted by atomic mass is 9.79. The number of benzene rings is 2. The van der Waals surface area contributed by atoms with E-state index in [1.165, 1.54) is 12.3 Å². The number of hydrogen-bond acceptors (Lipinski definition) is 4. The van der Waals surface area contributed by atoms with Gasteiger partial charge in [0.25, 0.3) is 0 Å². The van der Waals surface area contributed by atoms with Gasteiger partial charge in [0, 0.05) is 18.7 Å². The van der Waals surface area contributed by atoms with Gasteiger partial charge in [0.2, 0.25) is 0 Å². The van der Waals surface area contributed by atoms with Gasteiger partial charge in [0.15, 0.2) is 0 Å². The number of fused-ring (bicyclic) bond motifs is 1. The molecular weight excluding hydrogens is 526 g/mol. The van der Waals surface area contributed by atoms with Crippen molar-refractivity contribution in [1.29, 1.82) is 0 Å². The van der Waals surface area contributed by atoms with E-state index >= 15 is 0 Å². The predicted octanol–water partition coefficient (Wildman–Crippen LogP) is 6.47. The van der Waals surface area contributed by atoms with Crippen LogP contribution in [0.3, 0.4) is 0 Å². The summed E-state index contributed by atoms with van der Waals surface area (Å²) in [5, 5.41) is 6.27. The Morgan fingerprint density at radius 1 is 1.05 bits per heavy atom. The number of urea groups is 1. The number of halogens is 5. The maximum Gasteiger partial charge on any atom is 0.540 e. The molecule has 3 aromatic rings. The summed E-state index contributed by atoms with van der Waals surface area (Å²) in [5.74, 6) is -0.733. The lowest BCUT2D eigenvalue weighted by Crippen LogP contribution is -2.54. The fraction of sp³-hybridized carbons (Fsp3) is 0.333. The number of hydrogen-bond donors (Lipinski definition) is 2. The van der Waals surface area contributed by atoms with Crippen molar-refractivity contribution in [2.75, 3.05) is 0 Å². The van der Waals surface area contributed by atoms with E-state index in [1.54, 1.807) is 24.3 Å². The fourth-order valence-electron chi connectivity index (χ4n) is 5.00. The van der Waals surface area contributed by atoms with Gasteiger partial charge in [-0.05, 0) is 48.2 Å². The first kappa shape index (κ1) is 26.2. The molecule has 200 valence electrons. The molecule has 1 aliphatic carbocycles. The number of aromatic nitrogens is 1. The van der Waals surface area contributed by atoms with Crippen molar-refractivity contribution in [2.24, 2.45) is 0 Å². The predicted molar refractivity (Wildman–Crippen MR) is 131 cm³/mol. The fourth-order valence-corrected chi connectivity index (χ4v) is 5.11. The number of carbonyl (C=O) groups excluding carboxylic acids is 1. The normalized spacial score (nSPS) is 19.6. The van der Waals surface area contributed by atoms with Gasteiger partial charge in [-0.25, -0.2) is 9.53 Å². The van der Waals surface area contributed by atoms with Crippen molar-refractivity contribution in [3.63, 3.8) is 0 Å². The van der Waals surface area contributed by atoms with Crippen LogP contribution in [0.5, 0.6) is 5.75 Å². The molecule has 1 fully saturated rings. The minimum absolute atomic E-state index is 0.0282. The Kier molecular flexibility index (Phi) is 6.96. The summed E-state index contributed by atoms with van der Waals surface area (Å²) >= 11 is 6.08. The molecule has 0 bridgehead atoms. The maximum atomic E-state index is 14.8. The molecule has 1 unspecified atom stereocenters. The zero-order chi connectivity index (χ0) is 27.0. The van der Waals surface area contributed by atoms with Crippen molar-refractivity contribution in [2.45, 2.75) is 56.1 Å². The van der Waals surface area contributed by atoms with E-state index in [2.05, 4.69) is 25.1 Å². The number of carbonyl (C=O) groups is 1. The van der Waals surface area contributed by atoms with Gasteiger partial charge in [0.1, 0.15) is 11.3 Å². The van der Waals surface area contributed by atoms with Crippen LogP contribution in [-0.2, 0) is 22.8 Å². The highest BCUT2D eigenvalue weighted by Crippen LogP contribution is 2.48. The summed E-state index contributed by atoms with van der Waals surface area (Å²) in [6, 6.07) is 15.0. The number of ether oxygens (including phenoxy) is 2. The second-order valence-corrected chi connectivity index (χ2v) is 9.84. The molecule has 2 N–H and O–H groups in total. The van der Waals surface area contributed by atoms with Crippen molar-refractivity contribution in [3.8, 4) is 5.75 Å². The molecule has 1 atom stereocenters. The zero-order valence-corrected chi connectivity index (χ0v) is 20.8. The summed E-state index contributed by atoms with van der Waals surface area (Å²) in [5.41, 5.74) is -1.17. The standard InChI is InChI=1S/C27H24ClF4N3O3/c28-19-11-13-23(33-16-19)25(15-17-6-2-1-3-7-17,35-24(36)34-20-8-4-5-9-20)18-10-12-22-21(14-18)26(29,30)38-27(31,32)37-22/h1-3,6-7,10-14,16,20H,4-5,8-9,15H2,(H2,34,35,36). The summed E-state index contributed by atoms with van der Waals surface area (Å²) in [6.07, 6.45) is -3.75. The Morgan fingerprint density at radius 3 is 2.47 bits per heavy atom. The minimum atomic E-state index is -4.50. The van der Waals surface area contributed by atoms with E-state index in [-0.39, 0.29) is 18.0 Å². The molecule has 1 aromatic heterocycles. The molecule has 1 saturated carbocycles. The molecule has 2 aliphatic rings. The van der Waals surface area contributed by atoms with E-state index in [0.717, 1.165) is 43.4 Å². The Morgan fingerprint density at radius 2 is 1.79 bits per heavy atom. The lowest BCUT2D eigenvalue weighted by molar-refractivity contribution is -0.461. The number of pyridine rings is 1.